The lowest BCUT2D eigenvalue weighted by Crippen LogP contribution is -2.19. The van der Waals surface area contributed by atoms with Gasteiger partial charge in [-0.1, -0.05) is 54.1 Å². The molecular formula is C29H23F3N2O2S. The summed E-state index contributed by atoms with van der Waals surface area (Å²) in [5.74, 6) is -0.685. The van der Waals surface area contributed by atoms with Crippen LogP contribution >= 0.6 is 11.8 Å². The number of amides is 2. The number of carbonyl (C=O) groups excluding carboxylic acids is 2. The summed E-state index contributed by atoms with van der Waals surface area (Å²) in [5, 5.41) is 4.74. The molecule has 1 unspecified atom stereocenters. The second-order valence-electron chi connectivity index (χ2n) is 8.32. The fourth-order valence-corrected chi connectivity index (χ4v) is 4.57. The van der Waals surface area contributed by atoms with Crippen LogP contribution in [0.15, 0.2) is 108 Å². The van der Waals surface area contributed by atoms with Gasteiger partial charge in [-0.3, -0.25) is 9.59 Å². The fourth-order valence-electron chi connectivity index (χ4n) is 3.54. The van der Waals surface area contributed by atoms with Crippen LogP contribution in [0.2, 0.25) is 0 Å². The van der Waals surface area contributed by atoms with Crippen LogP contribution in [0.3, 0.4) is 0 Å². The fraction of sp³-hybridized carbons (Fsp3) is 0.103. The van der Waals surface area contributed by atoms with Gasteiger partial charge in [-0.05, 0) is 67.1 Å². The first-order chi connectivity index (χ1) is 17.7. The van der Waals surface area contributed by atoms with Gasteiger partial charge >= 0.3 is 6.18 Å². The highest BCUT2D eigenvalue weighted by molar-refractivity contribution is 8.00. The lowest BCUT2D eigenvalue weighted by molar-refractivity contribution is -0.137. The van der Waals surface area contributed by atoms with E-state index in [1.165, 1.54) is 23.9 Å². The Kier molecular flexibility index (Phi) is 7.98. The molecule has 0 saturated carbocycles. The molecule has 0 fully saturated rings. The largest absolute Gasteiger partial charge is 0.416 e. The van der Waals surface area contributed by atoms with E-state index in [4.69, 9.17) is 0 Å². The van der Waals surface area contributed by atoms with Crippen LogP contribution in [0.25, 0.3) is 0 Å². The third-order valence-corrected chi connectivity index (χ3v) is 6.74. The van der Waals surface area contributed by atoms with E-state index in [0.29, 0.717) is 16.8 Å². The van der Waals surface area contributed by atoms with Crippen LogP contribution < -0.4 is 10.6 Å². The van der Waals surface area contributed by atoms with Gasteiger partial charge < -0.3 is 10.6 Å². The Hall–Kier alpha value is -4.04. The maximum atomic E-state index is 13.2. The van der Waals surface area contributed by atoms with Crippen molar-refractivity contribution < 1.29 is 22.8 Å². The molecular weight excluding hydrogens is 497 g/mol. The predicted octanol–water partition coefficient (Wildman–Crippen LogP) is 7.74. The van der Waals surface area contributed by atoms with Crippen LogP contribution in [0, 0.1) is 6.92 Å². The smallest absolute Gasteiger partial charge is 0.325 e. The van der Waals surface area contributed by atoms with E-state index < -0.39 is 22.9 Å². The number of thioether (sulfide) groups is 1. The summed E-state index contributed by atoms with van der Waals surface area (Å²) in [5.41, 5.74) is 2.13. The summed E-state index contributed by atoms with van der Waals surface area (Å²) in [4.78, 5) is 26.4. The van der Waals surface area contributed by atoms with Crippen molar-refractivity contribution in [2.45, 2.75) is 23.2 Å². The average molecular weight is 521 g/mol. The van der Waals surface area contributed by atoms with Gasteiger partial charge in [0.25, 0.3) is 5.91 Å². The molecule has 188 valence electrons. The third-order valence-electron chi connectivity index (χ3n) is 5.48. The number of aryl methyl sites for hydroxylation is 1. The van der Waals surface area contributed by atoms with E-state index in [1.807, 2.05) is 25.1 Å². The third kappa shape index (κ3) is 7.01. The van der Waals surface area contributed by atoms with Crippen LogP contribution in [0.1, 0.15) is 32.3 Å². The number of rotatable bonds is 7. The highest BCUT2D eigenvalue weighted by Gasteiger charge is 2.31. The number of benzene rings is 4. The minimum Gasteiger partial charge on any atom is -0.325 e. The molecule has 8 heteroatoms. The van der Waals surface area contributed by atoms with Crippen LogP contribution in [-0.4, -0.2) is 11.8 Å². The molecule has 0 aliphatic heterocycles. The molecule has 0 aliphatic carbocycles. The average Bonchev–Trinajstić information content (AvgIpc) is 2.88. The van der Waals surface area contributed by atoms with E-state index >= 15 is 0 Å². The standard InChI is InChI=1S/C29H23F3N2O2S/c1-19-10-12-21(13-11-19)27(35)33-23-14-16-25(17-15-23)37-26(20-6-3-2-4-7-20)28(36)34-24-9-5-8-22(18-24)29(30,31)32/h2-18,26H,1H3,(H,33,35)(H,34,36). The molecule has 4 rings (SSSR count). The van der Waals surface area contributed by atoms with Crippen LogP contribution in [0.4, 0.5) is 24.5 Å². The zero-order chi connectivity index (χ0) is 26.4. The molecule has 4 aromatic carbocycles. The Bertz CT molecular complexity index is 1370. The molecule has 2 amide bonds. The van der Waals surface area contributed by atoms with Gasteiger partial charge in [0.15, 0.2) is 0 Å². The first kappa shape index (κ1) is 26.0. The molecule has 4 aromatic rings. The second-order valence-corrected chi connectivity index (χ2v) is 9.50. The Morgan fingerprint density at radius 2 is 1.43 bits per heavy atom. The van der Waals surface area contributed by atoms with E-state index in [9.17, 15) is 22.8 Å². The number of alkyl halides is 3. The first-order valence-electron chi connectivity index (χ1n) is 11.4. The van der Waals surface area contributed by atoms with Crippen molar-refractivity contribution in [2.75, 3.05) is 10.6 Å². The van der Waals surface area contributed by atoms with Gasteiger partial charge in [0.05, 0.1) is 5.56 Å². The molecule has 2 N–H and O–H groups in total. The Morgan fingerprint density at radius 1 is 0.757 bits per heavy atom. The normalized spacial score (nSPS) is 12.0. The van der Waals surface area contributed by atoms with Gasteiger partial charge in [0.2, 0.25) is 5.91 Å². The Morgan fingerprint density at radius 3 is 2.08 bits per heavy atom. The monoisotopic (exact) mass is 520 g/mol. The number of nitrogens with one attached hydrogen (secondary N) is 2. The molecule has 0 saturated heterocycles. The molecule has 4 nitrogen and oxygen atoms in total. The Labute approximate surface area is 216 Å². The lowest BCUT2D eigenvalue weighted by Gasteiger charge is -2.18. The SMILES string of the molecule is Cc1ccc(C(=O)Nc2ccc(SC(C(=O)Nc3cccc(C(F)(F)F)c3)c3ccccc3)cc2)cc1. The minimum atomic E-state index is -4.51. The summed E-state index contributed by atoms with van der Waals surface area (Å²) in [6, 6.07) is 27.8. The Balaban J connectivity index is 1.49. The van der Waals surface area contributed by atoms with E-state index in [-0.39, 0.29) is 11.6 Å². The summed E-state index contributed by atoms with van der Waals surface area (Å²) < 4.78 is 39.3. The van der Waals surface area contributed by atoms with Crippen molar-refractivity contribution in [2.24, 2.45) is 0 Å². The maximum absolute atomic E-state index is 13.2. The van der Waals surface area contributed by atoms with Crippen molar-refractivity contribution in [3.05, 3.63) is 125 Å². The maximum Gasteiger partial charge on any atom is 0.416 e. The molecule has 0 radical (unpaired) electrons. The minimum absolute atomic E-state index is 0.0653. The van der Waals surface area contributed by atoms with Gasteiger partial charge in [-0.2, -0.15) is 13.2 Å². The zero-order valence-corrected chi connectivity index (χ0v) is 20.6. The van der Waals surface area contributed by atoms with Crippen molar-refractivity contribution in [1.82, 2.24) is 0 Å². The number of hydrogen-bond donors (Lipinski definition) is 2. The molecule has 0 bridgehead atoms. The van der Waals surface area contributed by atoms with Crippen molar-refractivity contribution in [1.29, 1.82) is 0 Å². The number of hydrogen-bond acceptors (Lipinski definition) is 3. The quantitative estimate of drug-likeness (QED) is 0.245. The molecule has 1 atom stereocenters. The topological polar surface area (TPSA) is 58.2 Å². The molecule has 0 aromatic heterocycles. The van der Waals surface area contributed by atoms with Gasteiger partial charge in [-0.25, -0.2) is 0 Å². The van der Waals surface area contributed by atoms with Gasteiger partial charge in [0.1, 0.15) is 5.25 Å². The van der Waals surface area contributed by atoms with Gasteiger partial charge in [0, 0.05) is 21.8 Å². The van der Waals surface area contributed by atoms with E-state index in [0.717, 1.165) is 22.6 Å². The van der Waals surface area contributed by atoms with E-state index in [2.05, 4.69) is 10.6 Å². The number of halogens is 3. The second kappa shape index (κ2) is 11.3. The molecule has 0 heterocycles. The van der Waals surface area contributed by atoms with Gasteiger partial charge in [-0.15, -0.1) is 11.8 Å². The highest BCUT2D eigenvalue weighted by atomic mass is 32.2. The molecule has 0 aliphatic rings. The summed E-state index contributed by atoms with van der Waals surface area (Å²) in [7, 11) is 0. The highest BCUT2D eigenvalue weighted by Crippen LogP contribution is 2.37. The van der Waals surface area contributed by atoms with Crippen molar-refractivity contribution in [3.63, 3.8) is 0 Å². The predicted molar refractivity (Wildman–Crippen MR) is 141 cm³/mol. The zero-order valence-electron chi connectivity index (χ0n) is 19.8. The molecule has 0 spiro atoms. The van der Waals surface area contributed by atoms with Crippen molar-refractivity contribution in [3.8, 4) is 0 Å². The van der Waals surface area contributed by atoms with Crippen LogP contribution in [0.5, 0.6) is 0 Å². The summed E-state index contributed by atoms with van der Waals surface area (Å²) in [6.45, 7) is 1.95. The van der Waals surface area contributed by atoms with E-state index in [1.54, 1.807) is 60.7 Å². The number of anilines is 2. The lowest BCUT2D eigenvalue weighted by atomic mass is 10.1. The van der Waals surface area contributed by atoms with Crippen molar-refractivity contribution >= 4 is 35.0 Å². The van der Waals surface area contributed by atoms with Crippen LogP contribution in [-0.2, 0) is 11.0 Å². The number of carbonyl (C=O) groups is 2. The summed E-state index contributed by atoms with van der Waals surface area (Å²) >= 11 is 1.26. The summed E-state index contributed by atoms with van der Waals surface area (Å²) in [6.07, 6.45) is -4.51. The first-order valence-corrected chi connectivity index (χ1v) is 12.2. The molecule has 37 heavy (non-hydrogen) atoms.